The largest absolute Gasteiger partial charge is 0.243 e. The lowest BCUT2D eigenvalue weighted by molar-refractivity contribution is 0.426. The lowest BCUT2D eigenvalue weighted by Gasteiger charge is -2.21. The van der Waals surface area contributed by atoms with Crippen molar-refractivity contribution in [3.8, 4) is 0 Å². The first kappa shape index (κ1) is 15.2. The Balaban J connectivity index is 2.29. The maximum absolute atomic E-state index is 12.6. The van der Waals surface area contributed by atoms with Gasteiger partial charge in [-0.2, -0.15) is 4.31 Å². The molecule has 2 aromatic rings. The summed E-state index contributed by atoms with van der Waals surface area (Å²) in [4.78, 5) is 0.330. The molecule has 0 saturated heterocycles. The van der Waals surface area contributed by atoms with Gasteiger partial charge in [0, 0.05) is 18.4 Å². The highest BCUT2D eigenvalue weighted by atomic mass is 79.9. The Morgan fingerprint density at radius 2 is 1.45 bits per heavy atom. The number of nitrogens with zero attached hydrogens (tertiary/aromatic N) is 1. The molecule has 0 bridgehead atoms. The smallest absolute Gasteiger partial charge is 0.207 e. The predicted octanol–water partition coefficient (Wildman–Crippen LogP) is 3.27. The number of halogens is 1. The molecule has 0 spiro atoms. The number of rotatable bonds is 6. The highest BCUT2D eigenvalue weighted by molar-refractivity contribution is 9.09. The van der Waals surface area contributed by atoms with E-state index in [0.717, 1.165) is 5.56 Å². The Morgan fingerprint density at radius 1 is 0.900 bits per heavy atom. The lowest BCUT2D eigenvalue weighted by atomic mass is 10.2. The van der Waals surface area contributed by atoms with Crippen LogP contribution in [0.25, 0.3) is 0 Å². The monoisotopic (exact) mass is 353 g/mol. The van der Waals surface area contributed by atoms with Crippen LogP contribution in [0.5, 0.6) is 0 Å². The molecule has 0 aliphatic carbocycles. The summed E-state index contributed by atoms with van der Waals surface area (Å²) in [7, 11) is -3.46. The molecule has 0 saturated carbocycles. The SMILES string of the molecule is O=S(=O)(c1ccccc1)N(CCBr)Cc1ccccc1. The average Bonchev–Trinajstić information content (AvgIpc) is 2.49. The van der Waals surface area contributed by atoms with Crippen LogP contribution >= 0.6 is 15.9 Å². The molecule has 2 rings (SSSR count). The molecule has 2 aromatic carbocycles. The molecule has 0 N–H and O–H groups in total. The van der Waals surface area contributed by atoms with Gasteiger partial charge in [0.1, 0.15) is 0 Å². The van der Waals surface area contributed by atoms with Crippen LogP contribution < -0.4 is 0 Å². The maximum Gasteiger partial charge on any atom is 0.243 e. The molecule has 0 heterocycles. The van der Waals surface area contributed by atoms with Crippen LogP contribution in [-0.2, 0) is 16.6 Å². The first-order chi connectivity index (χ1) is 9.64. The molecule has 3 nitrogen and oxygen atoms in total. The van der Waals surface area contributed by atoms with Crippen molar-refractivity contribution in [3.63, 3.8) is 0 Å². The Morgan fingerprint density at radius 3 is 2.00 bits per heavy atom. The molecule has 0 radical (unpaired) electrons. The van der Waals surface area contributed by atoms with Crippen molar-refractivity contribution >= 4 is 26.0 Å². The maximum atomic E-state index is 12.6. The second kappa shape index (κ2) is 7.02. The third kappa shape index (κ3) is 3.69. The van der Waals surface area contributed by atoms with Gasteiger partial charge in [-0.25, -0.2) is 8.42 Å². The second-order valence-corrected chi connectivity index (χ2v) is 7.06. The number of sulfonamides is 1. The number of hydrogen-bond acceptors (Lipinski definition) is 2. The number of benzene rings is 2. The molecule has 0 fully saturated rings. The third-order valence-electron chi connectivity index (χ3n) is 2.92. The highest BCUT2D eigenvalue weighted by Crippen LogP contribution is 2.18. The van der Waals surface area contributed by atoms with Crippen molar-refractivity contribution < 1.29 is 8.42 Å². The van der Waals surface area contributed by atoms with E-state index in [2.05, 4.69) is 15.9 Å². The molecule has 20 heavy (non-hydrogen) atoms. The van der Waals surface area contributed by atoms with Crippen molar-refractivity contribution in [2.24, 2.45) is 0 Å². The Labute approximate surface area is 128 Å². The summed E-state index contributed by atoms with van der Waals surface area (Å²) < 4.78 is 26.8. The summed E-state index contributed by atoms with van der Waals surface area (Å²) in [5.41, 5.74) is 0.980. The topological polar surface area (TPSA) is 37.4 Å². The van der Waals surface area contributed by atoms with Crippen LogP contribution in [0.15, 0.2) is 65.6 Å². The second-order valence-electron chi connectivity index (χ2n) is 4.33. The van der Waals surface area contributed by atoms with E-state index in [1.54, 1.807) is 24.3 Å². The summed E-state index contributed by atoms with van der Waals surface area (Å²) in [5, 5.41) is 0.603. The predicted molar refractivity (Wildman–Crippen MR) is 84.3 cm³/mol. The van der Waals surface area contributed by atoms with Crippen molar-refractivity contribution in [2.45, 2.75) is 11.4 Å². The van der Waals surface area contributed by atoms with E-state index < -0.39 is 10.0 Å². The summed E-state index contributed by atoms with van der Waals surface area (Å²) in [5.74, 6) is 0. The quantitative estimate of drug-likeness (QED) is 0.747. The zero-order valence-electron chi connectivity index (χ0n) is 10.9. The lowest BCUT2D eigenvalue weighted by Crippen LogP contribution is -2.32. The number of hydrogen-bond donors (Lipinski definition) is 0. The van der Waals surface area contributed by atoms with E-state index in [9.17, 15) is 8.42 Å². The van der Waals surface area contributed by atoms with Gasteiger partial charge in [0.05, 0.1) is 4.90 Å². The van der Waals surface area contributed by atoms with Crippen molar-refractivity contribution in [3.05, 3.63) is 66.2 Å². The van der Waals surface area contributed by atoms with Crippen LogP contribution in [0.1, 0.15) is 5.56 Å². The Kier molecular flexibility index (Phi) is 5.34. The van der Waals surface area contributed by atoms with Gasteiger partial charge in [0.2, 0.25) is 10.0 Å². The van der Waals surface area contributed by atoms with Crippen LogP contribution in [0.4, 0.5) is 0 Å². The minimum absolute atomic E-state index is 0.330. The summed E-state index contributed by atoms with van der Waals surface area (Å²) in [6.45, 7) is 0.815. The van der Waals surface area contributed by atoms with E-state index >= 15 is 0 Å². The van der Waals surface area contributed by atoms with Gasteiger partial charge in [-0.05, 0) is 17.7 Å². The van der Waals surface area contributed by atoms with E-state index in [4.69, 9.17) is 0 Å². The fraction of sp³-hybridized carbons (Fsp3) is 0.200. The summed E-state index contributed by atoms with van der Waals surface area (Å²) >= 11 is 3.32. The Bertz CT molecular complexity index is 629. The van der Waals surface area contributed by atoms with Gasteiger partial charge in [-0.15, -0.1) is 0 Å². The Hall–Kier alpha value is -1.17. The van der Waals surface area contributed by atoms with Gasteiger partial charge in [0.25, 0.3) is 0 Å². The summed E-state index contributed by atoms with van der Waals surface area (Å²) in [6.07, 6.45) is 0. The van der Waals surface area contributed by atoms with Gasteiger partial charge < -0.3 is 0 Å². The molecular formula is C15H16BrNO2S. The van der Waals surface area contributed by atoms with Crippen LogP contribution in [-0.4, -0.2) is 24.6 Å². The van der Waals surface area contributed by atoms with Gasteiger partial charge in [-0.3, -0.25) is 0 Å². The molecule has 0 atom stereocenters. The molecule has 0 amide bonds. The molecule has 0 aliphatic rings. The molecule has 106 valence electrons. The van der Waals surface area contributed by atoms with Gasteiger partial charge in [-0.1, -0.05) is 64.5 Å². The van der Waals surface area contributed by atoms with Gasteiger partial charge in [0.15, 0.2) is 0 Å². The normalized spacial score (nSPS) is 11.7. The third-order valence-corrected chi connectivity index (χ3v) is 5.13. The minimum Gasteiger partial charge on any atom is -0.207 e. The van der Waals surface area contributed by atoms with Crippen molar-refractivity contribution in [1.29, 1.82) is 0 Å². The zero-order valence-corrected chi connectivity index (χ0v) is 13.3. The van der Waals surface area contributed by atoms with Crippen LogP contribution in [0, 0.1) is 0 Å². The van der Waals surface area contributed by atoms with Crippen molar-refractivity contribution in [2.75, 3.05) is 11.9 Å². The van der Waals surface area contributed by atoms with Crippen LogP contribution in [0.2, 0.25) is 0 Å². The first-order valence-corrected chi connectivity index (χ1v) is 8.86. The van der Waals surface area contributed by atoms with E-state index in [0.29, 0.717) is 23.3 Å². The minimum atomic E-state index is -3.46. The van der Waals surface area contributed by atoms with Gasteiger partial charge >= 0.3 is 0 Å². The molecular weight excluding hydrogens is 338 g/mol. The average molecular weight is 354 g/mol. The van der Waals surface area contributed by atoms with Crippen molar-refractivity contribution in [1.82, 2.24) is 4.31 Å². The zero-order chi connectivity index (χ0) is 14.4. The van der Waals surface area contributed by atoms with E-state index in [-0.39, 0.29) is 0 Å². The van der Waals surface area contributed by atoms with E-state index in [1.807, 2.05) is 36.4 Å². The molecule has 5 heteroatoms. The van der Waals surface area contributed by atoms with E-state index in [1.165, 1.54) is 4.31 Å². The van der Waals surface area contributed by atoms with Crippen LogP contribution in [0.3, 0.4) is 0 Å². The first-order valence-electron chi connectivity index (χ1n) is 6.29. The fourth-order valence-corrected chi connectivity index (χ4v) is 4.02. The fourth-order valence-electron chi connectivity index (χ4n) is 1.91. The standard InChI is InChI=1S/C15H16BrNO2S/c16-11-12-17(13-14-7-3-1-4-8-14)20(18,19)15-9-5-2-6-10-15/h1-10H,11-13H2. The molecule has 0 unspecified atom stereocenters. The summed E-state index contributed by atoms with van der Waals surface area (Å²) in [6, 6.07) is 18.2. The molecule has 0 aliphatic heterocycles. The molecule has 0 aromatic heterocycles. The number of alkyl halides is 1. The highest BCUT2D eigenvalue weighted by Gasteiger charge is 2.23.